The van der Waals surface area contributed by atoms with Crippen LogP contribution >= 0.6 is 11.8 Å². The normalized spacial score (nSPS) is 22.8. The number of amides is 2. The van der Waals surface area contributed by atoms with E-state index in [0.29, 0.717) is 24.4 Å². The van der Waals surface area contributed by atoms with Gasteiger partial charge in [0.15, 0.2) is 5.76 Å². The fourth-order valence-electron chi connectivity index (χ4n) is 5.99. The molecule has 0 radical (unpaired) electrons. The Morgan fingerprint density at radius 1 is 0.974 bits per heavy atom. The second kappa shape index (κ2) is 13.6. The molecule has 1 saturated heterocycles. The van der Waals surface area contributed by atoms with Crippen LogP contribution in [0.3, 0.4) is 0 Å². The third-order valence-electron chi connectivity index (χ3n) is 8.27. The lowest BCUT2D eigenvalue weighted by atomic mass is 9.89. The van der Waals surface area contributed by atoms with E-state index in [-0.39, 0.29) is 24.0 Å². The predicted octanol–water partition coefficient (Wildman–Crippen LogP) is 6.89. The van der Waals surface area contributed by atoms with Crippen LogP contribution in [0.4, 0.5) is 0 Å². The molecular weight excluding hydrogens is 504 g/mol. The van der Waals surface area contributed by atoms with Gasteiger partial charge in [-0.05, 0) is 80.5 Å². The van der Waals surface area contributed by atoms with Crippen molar-refractivity contribution >= 4 is 29.7 Å². The standard InChI is InChI=1S/C33H42N2O3S/c1-24-12-14-26(15-13-24)23-35-29-10-5-6-11-30(29)38-31(33(35)37)22-25-16-18-27(19-17-25)32(36)34-20-7-21-39-28-8-3-2-4-9-28/h12-19,22,28-30H,2-11,20-21,23H2,1H3,(H,34,36)/b31-22+. The molecule has 3 aliphatic rings. The minimum Gasteiger partial charge on any atom is -0.482 e. The first-order valence-corrected chi connectivity index (χ1v) is 15.9. The van der Waals surface area contributed by atoms with Gasteiger partial charge in [-0.25, -0.2) is 0 Å². The van der Waals surface area contributed by atoms with Crippen molar-refractivity contribution in [3.05, 3.63) is 76.5 Å². The molecular formula is C33H42N2O3S. The van der Waals surface area contributed by atoms with Crippen LogP contribution in [0, 0.1) is 6.92 Å². The summed E-state index contributed by atoms with van der Waals surface area (Å²) in [6.07, 6.45) is 13.9. The van der Waals surface area contributed by atoms with E-state index in [4.69, 9.17) is 4.74 Å². The Labute approximate surface area is 237 Å². The van der Waals surface area contributed by atoms with Crippen molar-refractivity contribution in [2.24, 2.45) is 0 Å². The lowest BCUT2D eigenvalue weighted by Gasteiger charge is -2.44. The van der Waals surface area contributed by atoms with Crippen LogP contribution < -0.4 is 5.32 Å². The number of hydrogen-bond acceptors (Lipinski definition) is 4. The number of thioether (sulfide) groups is 1. The molecule has 5 rings (SSSR count). The van der Waals surface area contributed by atoms with Crippen molar-refractivity contribution in [3.8, 4) is 0 Å². The molecule has 0 bridgehead atoms. The van der Waals surface area contributed by atoms with Crippen molar-refractivity contribution in [2.45, 2.75) is 95.1 Å². The number of morpholine rings is 1. The average Bonchev–Trinajstić information content (AvgIpc) is 2.97. The number of fused-ring (bicyclic) bond motifs is 1. The Morgan fingerprint density at radius 2 is 1.69 bits per heavy atom. The minimum absolute atomic E-state index is 0.0366. The van der Waals surface area contributed by atoms with Gasteiger partial charge in [-0.2, -0.15) is 11.8 Å². The number of carbonyl (C=O) groups excluding carboxylic acids is 2. The maximum atomic E-state index is 13.6. The van der Waals surface area contributed by atoms with Crippen LogP contribution in [-0.4, -0.2) is 46.4 Å². The molecule has 0 spiro atoms. The van der Waals surface area contributed by atoms with Crippen LogP contribution in [0.25, 0.3) is 6.08 Å². The van der Waals surface area contributed by atoms with E-state index >= 15 is 0 Å². The van der Waals surface area contributed by atoms with Crippen LogP contribution in [0.15, 0.2) is 54.3 Å². The monoisotopic (exact) mass is 546 g/mol. The summed E-state index contributed by atoms with van der Waals surface area (Å²) in [6.45, 7) is 3.37. The fourth-order valence-corrected chi connectivity index (χ4v) is 7.30. The lowest BCUT2D eigenvalue weighted by Crippen LogP contribution is -2.54. The molecule has 208 valence electrons. The molecule has 3 fully saturated rings. The summed E-state index contributed by atoms with van der Waals surface area (Å²) in [5.41, 5.74) is 3.86. The van der Waals surface area contributed by atoms with Crippen molar-refractivity contribution in [1.82, 2.24) is 10.2 Å². The summed E-state index contributed by atoms with van der Waals surface area (Å²) in [6, 6.07) is 16.0. The van der Waals surface area contributed by atoms with E-state index in [1.165, 1.54) is 37.7 Å². The minimum atomic E-state index is -0.0494. The molecule has 1 aliphatic heterocycles. The molecule has 2 atom stereocenters. The van der Waals surface area contributed by atoms with Crippen molar-refractivity contribution in [1.29, 1.82) is 0 Å². The second-order valence-corrected chi connectivity index (χ2v) is 12.7. The van der Waals surface area contributed by atoms with Crippen LogP contribution in [0.5, 0.6) is 0 Å². The van der Waals surface area contributed by atoms with Gasteiger partial charge in [0.2, 0.25) is 0 Å². The molecule has 1 N–H and O–H groups in total. The van der Waals surface area contributed by atoms with Crippen molar-refractivity contribution < 1.29 is 14.3 Å². The molecule has 2 aliphatic carbocycles. The third-order valence-corrected chi connectivity index (χ3v) is 9.74. The molecule has 2 saturated carbocycles. The maximum Gasteiger partial charge on any atom is 0.289 e. The zero-order chi connectivity index (χ0) is 27.0. The van der Waals surface area contributed by atoms with Gasteiger partial charge in [-0.15, -0.1) is 0 Å². The van der Waals surface area contributed by atoms with Crippen LogP contribution in [-0.2, 0) is 16.1 Å². The number of benzene rings is 2. The van der Waals surface area contributed by atoms with Gasteiger partial charge >= 0.3 is 0 Å². The van der Waals surface area contributed by atoms with Gasteiger partial charge in [0.25, 0.3) is 11.8 Å². The Balaban J connectivity index is 1.17. The maximum absolute atomic E-state index is 13.6. The molecule has 6 heteroatoms. The van der Waals surface area contributed by atoms with Crippen molar-refractivity contribution in [3.63, 3.8) is 0 Å². The highest BCUT2D eigenvalue weighted by atomic mass is 32.2. The third kappa shape index (κ3) is 7.47. The topological polar surface area (TPSA) is 58.6 Å². The highest BCUT2D eigenvalue weighted by Gasteiger charge is 2.41. The Hall–Kier alpha value is -2.73. The molecule has 39 heavy (non-hydrogen) atoms. The van der Waals surface area contributed by atoms with E-state index in [1.807, 2.05) is 35.2 Å². The van der Waals surface area contributed by atoms with Crippen LogP contribution in [0.2, 0.25) is 0 Å². The second-order valence-electron chi connectivity index (χ2n) is 11.3. The van der Waals surface area contributed by atoms with Gasteiger partial charge < -0.3 is 15.0 Å². The summed E-state index contributed by atoms with van der Waals surface area (Å²) < 4.78 is 6.28. The van der Waals surface area contributed by atoms with E-state index < -0.39 is 0 Å². The summed E-state index contributed by atoms with van der Waals surface area (Å²) in [4.78, 5) is 28.2. The fraction of sp³-hybridized carbons (Fsp3) is 0.515. The largest absolute Gasteiger partial charge is 0.482 e. The zero-order valence-electron chi connectivity index (χ0n) is 23.2. The highest BCUT2D eigenvalue weighted by molar-refractivity contribution is 7.99. The van der Waals surface area contributed by atoms with Gasteiger partial charge in [0.1, 0.15) is 6.10 Å². The lowest BCUT2D eigenvalue weighted by molar-refractivity contribution is -0.149. The molecule has 5 nitrogen and oxygen atoms in total. The quantitative estimate of drug-likeness (QED) is 0.275. The number of hydrogen-bond donors (Lipinski definition) is 1. The average molecular weight is 547 g/mol. The van der Waals surface area contributed by atoms with E-state index in [2.05, 4.69) is 48.3 Å². The first-order chi connectivity index (χ1) is 19.1. The van der Waals surface area contributed by atoms with E-state index in [9.17, 15) is 9.59 Å². The predicted molar refractivity (Wildman–Crippen MR) is 160 cm³/mol. The first-order valence-electron chi connectivity index (χ1n) is 14.8. The SMILES string of the molecule is Cc1ccc(CN2C(=O)/C(=C\c3ccc(C(=O)NCCCSC4CCCCC4)cc3)OC3CCCCC32)cc1. The number of nitrogens with one attached hydrogen (secondary N) is 1. The summed E-state index contributed by atoms with van der Waals surface area (Å²) in [7, 11) is 0. The molecule has 0 aromatic heterocycles. The van der Waals surface area contributed by atoms with Gasteiger partial charge in [-0.3, -0.25) is 9.59 Å². The zero-order valence-corrected chi connectivity index (χ0v) is 24.0. The highest BCUT2D eigenvalue weighted by Crippen LogP contribution is 2.34. The van der Waals surface area contributed by atoms with Gasteiger partial charge in [0, 0.05) is 23.9 Å². The van der Waals surface area contributed by atoms with Gasteiger partial charge in [-0.1, -0.05) is 67.6 Å². The molecule has 2 aromatic rings. The summed E-state index contributed by atoms with van der Waals surface area (Å²) in [5, 5.41) is 3.87. The molecule has 1 heterocycles. The van der Waals surface area contributed by atoms with Gasteiger partial charge in [0.05, 0.1) is 6.04 Å². The Kier molecular flexibility index (Phi) is 9.67. The summed E-state index contributed by atoms with van der Waals surface area (Å²) >= 11 is 2.07. The molecule has 2 aromatic carbocycles. The van der Waals surface area contributed by atoms with Crippen molar-refractivity contribution in [2.75, 3.05) is 12.3 Å². The number of nitrogens with zero attached hydrogens (tertiary/aromatic N) is 1. The Morgan fingerprint density at radius 3 is 2.46 bits per heavy atom. The molecule has 2 amide bonds. The number of carbonyl (C=O) groups is 2. The van der Waals surface area contributed by atoms with Crippen LogP contribution in [0.1, 0.15) is 91.3 Å². The first kappa shape index (κ1) is 27.8. The number of rotatable bonds is 9. The molecule has 2 unspecified atom stereocenters. The van der Waals surface area contributed by atoms with E-state index in [0.717, 1.165) is 54.2 Å². The number of ether oxygens (including phenoxy) is 1. The Bertz CT molecular complexity index is 1140. The van der Waals surface area contributed by atoms with E-state index in [1.54, 1.807) is 0 Å². The number of aryl methyl sites for hydroxylation is 1. The smallest absolute Gasteiger partial charge is 0.289 e. The summed E-state index contributed by atoms with van der Waals surface area (Å²) in [5.74, 6) is 1.41.